The van der Waals surface area contributed by atoms with E-state index < -0.39 is 0 Å². The number of nitrogens with zero attached hydrogens (tertiary/aromatic N) is 2. The van der Waals surface area contributed by atoms with E-state index in [4.69, 9.17) is 9.73 Å². The van der Waals surface area contributed by atoms with Crippen LogP contribution in [0.15, 0.2) is 106 Å². The van der Waals surface area contributed by atoms with Crippen molar-refractivity contribution in [3.05, 3.63) is 112 Å². The zero-order valence-corrected chi connectivity index (χ0v) is 19.6. The summed E-state index contributed by atoms with van der Waals surface area (Å²) in [4.78, 5) is 20.1. The first kappa shape index (κ1) is 21.2. The average Bonchev–Trinajstić information content (AvgIpc) is 3.16. The third kappa shape index (κ3) is 4.20. The van der Waals surface area contributed by atoms with Crippen molar-refractivity contribution >= 4 is 50.2 Å². The molecule has 4 nitrogen and oxygen atoms in total. The number of hydrogen-bond donors (Lipinski definition) is 0. The van der Waals surface area contributed by atoms with Gasteiger partial charge in [-0.2, -0.15) is 0 Å². The van der Waals surface area contributed by atoms with Gasteiger partial charge in [0.25, 0.3) is 5.91 Å². The molecule has 4 aromatic rings. The monoisotopic (exact) mass is 496 g/mol. The van der Waals surface area contributed by atoms with E-state index in [0.29, 0.717) is 18.1 Å². The normalized spacial score (nSPS) is 14.7. The number of benzene rings is 4. The molecule has 0 atom stereocenters. The zero-order chi connectivity index (χ0) is 22.8. The number of hydrogen-bond acceptors (Lipinski definition) is 3. The van der Waals surface area contributed by atoms with E-state index in [1.54, 1.807) is 4.90 Å². The first-order chi connectivity index (χ1) is 16.1. The van der Waals surface area contributed by atoms with Gasteiger partial charge in [-0.3, -0.25) is 9.69 Å². The van der Waals surface area contributed by atoms with Crippen LogP contribution < -0.4 is 9.64 Å². The third-order valence-electron chi connectivity index (χ3n) is 5.48. The Kier molecular flexibility index (Phi) is 5.80. The van der Waals surface area contributed by atoms with Crippen molar-refractivity contribution in [2.75, 3.05) is 11.5 Å². The molecular formula is C28H21BrN2O2. The zero-order valence-electron chi connectivity index (χ0n) is 18.0. The van der Waals surface area contributed by atoms with Crippen molar-refractivity contribution in [3.63, 3.8) is 0 Å². The summed E-state index contributed by atoms with van der Waals surface area (Å²) in [7, 11) is 0. The van der Waals surface area contributed by atoms with Crippen LogP contribution in [0.25, 0.3) is 16.8 Å². The highest BCUT2D eigenvalue weighted by atomic mass is 79.9. The summed E-state index contributed by atoms with van der Waals surface area (Å²) in [6, 6.07) is 29.5. The molecule has 0 spiro atoms. The lowest BCUT2D eigenvalue weighted by atomic mass is 10.0. The summed E-state index contributed by atoms with van der Waals surface area (Å²) < 4.78 is 6.53. The molecule has 0 radical (unpaired) electrons. The molecule has 1 aliphatic heterocycles. The SMILES string of the molecule is CCOc1ccc(N2C(=O)/C(=C\c3cccc4ccccc34)N=C2c2ccc(Br)cc2)cc1. The van der Waals surface area contributed by atoms with E-state index in [2.05, 4.69) is 34.1 Å². The van der Waals surface area contributed by atoms with E-state index >= 15 is 0 Å². The van der Waals surface area contributed by atoms with Gasteiger partial charge in [-0.15, -0.1) is 0 Å². The Labute approximate surface area is 201 Å². The van der Waals surface area contributed by atoms with Crippen LogP contribution in [0.3, 0.4) is 0 Å². The predicted molar refractivity (Wildman–Crippen MR) is 138 cm³/mol. The van der Waals surface area contributed by atoms with Gasteiger partial charge < -0.3 is 4.74 Å². The van der Waals surface area contributed by atoms with Crippen molar-refractivity contribution in [1.82, 2.24) is 0 Å². The van der Waals surface area contributed by atoms with E-state index in [1.807, 2.05) is 85.8 Å². The molecule has 0 fully saturated rings. The van der Waals surface area contributed by atoms with Crippen LogP contribution in [0.4, 0.5) is 5.69 Å². The van der Waals surface area contributed by atoms with E-state index in [0.717, 1.165) is 37.8 Å². The van der Waals surface area contributed by atoms with Crippen LogP contribution in [-0.2, 0) is 4.79 Å². The van der Waals surface area contributed by atoms with Gasteiger partial charge in [0.2, 0.25) is 0 Å². The van der Waals surface area contributed by atoms with Gasteiger partial charge >= 0.3 is 0 Å². The Bertz CT molecular complexity index is 1380. The molecule has 162 valence electrons. The molecule has 0 aromatic heterocycles. The maximum atomic E-state index is 13.6. The molecular weight excluding hydrogens is 476 g/mol. The lowest BCUT2D eigenvalue weighted by Crippen LogP contribution is -2.32. The summed E-state index contributed by atoms with van der Waals surface area (Å²) >= 11 is 3.48. The number of ether oxygens (including phenoxy) is 1. The standard InChI is InChI=1S/C28H21BrN2O2/c1-2-33-24-16-14-23(15-17-24)31-27(20-10-12-22(29)13-11-20)30-26(28(31)32)18-21-8-5-7-19-6-3-4-9-25(19)21/h3-18H,2H2,1H3/b26-18+. The van der Waals surface area contributed by atoms with Gasteiger partial charge in [0.05, 0.1) is 12.3 Å². The molecule has 0 N–H and O–H groups in total. The minimum atomic E-state index is -0.162. The van der Waals surface area contributed by atoms with E-state index in [-0.39, 0.29) is 5.91 Å². The summed E-state index contributed by atoms with van der Waals surface area (Å²) in [6.07, 6.45) is 1.87. The van der Waals surface area contributed by atoms with Gasteiger partial charge in [-0.25, -0.2) is 4.99 Å². The fraction of sp³-hybridized carbons (Fsp3) is 0.0714. The number of aliphatic imine (C=N–C) groups is 1. The fourth-order valence-corrected chi connectivity index (χ4v) is 4.19. The van der Waals surface area contributed by atoms with Gasteiger partial charge in [-0.05, 0) is 65.7 Å². The van der Waals surface area contributed by atoms with Crippen molar-refractivity contribution in [2.45, 2.75) is 6.92 Å². The molecule has 1 amide bonds. The van der Waals surface area contributed by atoms with Crippen molar-refractivity contribution in [1.29, 1.82) is 0 Å². The summed E-state index contributed by atoms with van der Waals surface area (Å²) in [5, 5.41) is 2.21. The van der Waals surface area contributed by atoms with Gasteiger partial charge in [0, 0.05) is 10.0 Å². The summed E-state index contributed by atoms with van der Waals surface area (Å²) in [5.41, 5.74) is 2.97. The number of amidine groups is 1. The molecule has 1 heterocycles. The second-order valence-electron chi connectivity index (χ2n) is 7.61. The largest absolute Gasteiger partial charge is 0.494 e. The van der Waals surface area contributed by atoms with Gasteiger partial charge in [0.1, 0.15) is 17.3 Å². The number of carbonyl (C=O) groups excluding carboxylic acids is 1. The molecule has 33 heavy (non-hydrogen) atoms. The fourth-order valence-electron chi connectivity index (χ4n) is 3.93. The quantitative estimate of drug-likeness (QED) is 0.284. The Morgan fingerprint density at radius 2 is 1.64 bits per heavy atom. The third-order valence-corrected chi connectivity index (χ3v) is 6.01. The van der Waals surface area contributed by atoms with Crippen LogP contribution in [0.2, 0.25) is 0 Å². The molecule has 5 heteroatoms. The first-order valence-corrected chi connectivity index (χ1v) is 11.5. The van der Waals surface area contributed by atoms with Gasteiger partial charge in [-0.1, -0.05) is 70.5 Å². The Morgan fingerprint density at radius 3 is 2.39 bits per heavy atom. The van der Waals surface area contributed by atoms with Crippen molar-refractivity contribution < 1.29 is 9.53 Å². The smallest absolute Gasteiger partial charge is 0.282 e. The number of amides is 1. The summed E-state index contributed by atoms with van der Waals surface area (Å²) in [6.45, 7) is 2.53. The van der Waals surface area contributed by atoms with Crippen LogP contribution in [0.1, 0.15) is 18.1 Å². The Balaban J connectivity index is 1.61. The Morgan fingerprint density at radius 1 is 0.909 bits per heavy atom. The second kappa shape index (κ2) is 9.04. The highest BCUT2D eigenvalue weighted by Crippen LogP contribution is 2.31. The number of halogens is 1. The minimum absolute atomic E-state index is 0.162. The maximum Gasteiger partial charge on any atom is 0.282 e. The predicted octanol–water partition coefficient (Wildman–Crippen LogP) is 6.84. The minimum Gasteiger partial charge on any atom is -0.494 e. The van der Waals surface area contributed by atoms with Crippen molar-refractivity contribution in [3.8, 4) is 5.75 Å². The first-order valence-electron chi connectivity index (χ1n) is 10.8. The molecule has 4 aromatic carbocycles. The number of fused-ring (bicyclic) bond motifs is 1. The average molecular weight is 497 g/mol. The molecule has 1 aliphatic rings. The lowest BCUT2D eigenvalue weighted by Gasteiger charge is -2.19. The number of anilines is 1. The van der Waals surface area contributed by atoms with Crippen LogP contribution >= 0.6 is 15.9 Å². The highest BCUT2D eigenvalue weighted by molar-refractivity contribution is 9.10. The maximum absolute atomic E-state index is 13.6. The van der Waals surface area contributed by atoms with E-state index in [9.17, 15) is 4.79 Å². The lowest BCUT2D eigenvalue weighted by molar-refractivity contribution is -0.113. The second-order valence-corrected chi connectivity index (χ2v) is 8.52. The molecule has 0 bridgehead atoms. The number of carbonyl (C=O) groups is 1. The van der Waals surface area contributed by atoms with Crippen molar-refractivity contribution in [2.24, 2.45) is 4.99 Å². The van der Waals surface area contributed by atoms with Crippen LogP contribution in [0.5, 0.6) is 5.75 Å². The molecule has 0 unspecified atom stereocenters. The van der Waals surface area contributed by atoms with Crippen LogP contribution in [0, 0.1) is 0 Å². The molecule has 0 saturated carbocycles. The topological polar surface area (TPSA) is 41.9 Å². The Hall–Kier alpha value is -3.70. The van der Waals surface area contributed by atoms with Gasteiger partial charge in [0.15, 0.2) is 0 Å². The van der Waals surface area contributed by atoms with E-state index in [1.165, 1.54) is 0 Å². The summed E-state index contributed by atoms with van der Waals surface area (Å²) in [5.74, 6) is 1.20. The van der Waals surface area contributed by atoms with Crippen LogP contribution in [-0.4, -0.2) is 18.3 Å². The highest BCUT2D eigenvalue weighted by Gasteiger charge is 2.32. The number of rotatable bonds is 5. The molecule has 5 rings (SSSR count). The molecule has 0 aliphatic carbocycles. The molecule has 0 saturated heterocycles.